The van der Waals surface area contributed by atoms with Crippen molar-refractivity contribution in [2.24, 2.45) is 5.73 Å². The summed E-state index contributed by atoms with van der Waals surface area (Å²) in [6.45, 7) is 12.1. The lowest BCUT2D eigenvalue weighted by Gasteiger charge is -2.23. The van der Waals surface area contributed by atoms with Crippen molar-refractivity contribution < 1.29 is 0 Å². The molecule has 3 heteroatoms. The van der Waals surface area contributed by atoms with Gasteiger partial charge in [-0.05, 0) is 20.0 Å². The maximum absolute atomic E-state index is 5.82. The minimum absolute atomic E-state index is 0.0698. The van der Waals surface area contributed by atoms with Gasteiger partial charge in [-0.25, -0.2) is 0 Å². The van der Waals surface area contributed by atoms with Crippen LogP contribution in [0.3, 0.4) is 0 Å². The van der Waals surface area contributed by atoms with Crippen LogP contribution >= 0.6 is 0 Å². The lowest BCUT2D eigenvalue weighted by atomic mass is 10.1. The van der Waals surface area contributed by atoms with E-state index in [9.17, 15) is 0 Å². The molecule has 0 bridgehead atoms. The first-order valence-corrected chi connectivity index (χ1v) is 7.91. The molecule has 0 aromatic carbocycles. The highest BCUT2D eigenvalue weighted by Crippen LogP contribution is 1.98. The Kier molecular flexibility index (Phi) is 3.74. The van der Waals surface area contributed by atoms with Crippen LogP contribution in [0.1, 0.15) is 13.8 Å². The fourth-order valence-electron chi connectivity index (χ4n) is 0.760. The van der Waals surface area contributed by atoms with Crippen LogP contribution in [-0.2, 0) is 0 Å². The van der Waals surface area contributed by atoms with Crippen molar-refractivity contribution in [3.8, 4) is 0 Å². The first kappa shape index (κ1) is 11.1. The third-order valence-corrected chi connectivity index (χ3v) is 2.55. The molecular weight excluding hydrogens is 152 g/mol. The van der Waals surface area contributed by atoms with Gasteiger partial charge in [0.25, 0.3) is 0 Å². The predicted molar refractivity (Wildman–Crippen MR) is 54.5 cm³/mol. The van der Waals surface area contributed by atoms with Gasteiger partial charge in [-0.15, -0.1) is 0 Å². The van der Waals surface area contributed by atoms with Gasteiger partial charge in [0.1, 0.15) is 0 Å². The van der Waals surface area contributed by atoms with E-state index in [4.69, 9.17) is 5.73 Å². The van der Waals surface area contributed by atoms with Crippen LogP contribution in [0.15, 0.2) is 0 Å². The van der Waals surface area contributed by atoms with E-state index in [2.05, 4.69) is 25.0 Å². The first-order chi connectivity index (χ1) is 4.71. The van der Waals surface area contributed by atoms with Crippen molar-refractivity contribution in [2.45, 2.75) is 39.0 Å². The van der Waals surface area contributed by atoms with Crippen molar-refractivity contribution in [2.75, 3.05) is 12.7 Å². The molecule has 0 amide bonds. The van der Waals surface area contributed by atoms with E-state index in [1.165, 1.54) is 0 Å². The molecular formula is C8H22N2Si. The summed E-state index contributed by atoms with van der Waals surface area (Å²) in [7, 11) is -0.924. The molecule has 68 valence electrons. The molecule has 0 aliphatic rings. The SMILES string of the molecule is CC(C)(N)CNC[Si](C)(C)C. The van der Waals surface area contributed by atoms with Crippen LogP contribution in [0.2, 0.25) is 19.6 Å². The Balaban J connectivity index is 3.44. The summed E-state index contributed by atoms with van der Waals surface area (Å²) >= 11 is 0. The summed E-state index contributed by atoms with van der Waals surface area (Å²) in [6.07, 6.45) is 1.16. The van der Waals surface area contributed by atoms with Gasteiger partial charge in [-0.2, -0.15) is 0 Å². The lowest BCUT2D eigenvalue weighted by Crippen LogP contribution is -2.47. The molecule has 0 saturated carbocycles. The van der Waals surface area contributed by atoms with Gasteiger partial charge in [-0.1, -0.05) is 19.6 Å². The van der Waals surface area contributed by atoms with Gasteiger partial charge in [0.2, 0.25) is 0 Å². The molecule has 0 atom stereocenters. The third kappa shape index (κ3) is 10.1. The summed E-state index contributed by atoms with van der Waals surface area (Å²) in [4.78, 5) is 0. The van der Waals surface area contributed by atoms with E-state index in [0.717, 1.165) is 12.7 Å². The van der Waals surface area contributed by atoms with Gasteiger partial charge in [0.15, 0.2) is 0 Å². The minimum Gasteiger partial charge on any atom is -0.324 e. The fourth-order valence-corrected chi connectivity index (χ4v) is 1.63. The second-order valence-electron chi connectivity index (χ2n) is 5.15. The molecule has 0 aliphatic carbocycles. The molecule has 11 heavy (non-hydrogen) atoms. The predicted octanol–water partition coefficient (Wildman–Crippen LogP) is 1.19. The number of rotatable bonds is 4. The number of nitrogens with one attached hydrogen (secondary N) is 1. The van der Waals surface area contributed by atoms with Crippen molar-refractivity contribution in [1.29, 1.82) is 0 Å². The summed E-state index contributed by atoms with van der Waals surface area (Å²) in [6, 6.07) is 0. The van der Waals surface area contributed by atoms with Gasteiger partial charge < -0.3 is 11.1 Å². The van der Waals surface area contributed by atoms with Crippen LogP contribution in [0.25, 0.3) is 0 Å². The van der Waals surface area contributed by atoms with E-state index >= 15 is 0 Å². The topological polar surface area (TPSA) is 38.0 Å². The van der Waals surface area contributed by atoms with Crippen LogP contribution in [0, 0.1) is 0 Å². The highest BCUT2D eigenvalue weighted by Gasteiger charge is 2.15. The van der Waals surface area contributed by atoms with E-state index in [1.54, 1.807) is 0 Å². The largest absolute Gasteiger partial charge is 0.324 e. The van der Waals surface area contributed by atoms with Crippen molar-refractivity contribution in [1.82, 2.24) is 5.32 Å². The monoisotopic (exact) mass is 174 g/mol. The molecule has 0 aliphatic heterocycles. The molecule has 0 radical (unpaired) electrons. The highest BCUT2D eigenvalue weighted by molar-refractivity contribution is 6.76. The Morgan fingerprint density at radius 2 is 1.73 bits per heavy atom. The van der Waals surface area contributed by atoms with Crippen molar-refractivity contribution >= 4 is 8.07 Å². The average Bonchev–Trinajstić information content (AvgIpc) is 1.55. The Hall–Kier alpha value is 0.137. The Morgan fingerprint density at radius 3 is 2.00 bits per heavy atom. The van der Waals surface area contributed by atoms with Gasteiger partial charge in [0.05, 0.1) is 8.07 Å². The summed E-state index contributed by atoms with van der Waals surface area (Å²) in [5.74, 6) is 0. The second-order valence-corrected chi connectivity index (χ2v) is 10.6. The molecule has 0 fully saturated rings. The Bertz CT molecular complexity index is 96.2. The zero-order chi connectivity index (χ0) is 9.12. The van der Waals surface area contributed by atoms with Gasteiger partial charge in [0, 0.05) is 12.1 Å². The average molecular weight is 174 g/mol. The molecule has 3 N–H and O–H groups in total. The van der Waals surface area contributed by atoms with E-state index in [-0.39, 0.29) is 5.54 Å². The van der Waals surface area contributed by atoms with Crippen LogP contribution in [0.5, 0.6) is 0 Å². The van der Waals surface area contributed by atoms with Gasteiger partial charge in [-0.3, -0.25) is 0 Å². The molecule has 0 aromatic rings. The van der Waals surface area contributed by atoms with Crippen molar-refractivity contribution in [3.63, 3.8) is 0 Å². The minimum atomic E-state index is -0.924. The zero-order valence-electron chi connectivity index (χ0n) is 8.49. The first-order valence-electron chi connectivity index (χ1n) is 4.20. The highest BCUT2D eigenvalue weighted by atomic mass is 28.3. The molecule has 2 nitrogen and oxygen atoms in total. The molecule has 0 saturated heterocycles. The quantitative estimate of drug-likeness (QED) is 0.628. The lowest BCUT2D eigenvalue weighted by molar-refractivity contribution is 0.484. The second kappa shape index (κ2) is 3.69. The fraction of sp³-hybridized carbons (Fsp3) is 1.00. The summed E-state index contributed by atoms with van der Waals surface area (Å²) in [5.41, 5.74) is 5.75. The molecule has 0 heterocycles. The summed E-state index contributed by atoms with van der Waals surface area (Å²) in [5, 5.41) is 3.40. The maximum atomic E-state index is 5.82. The Labute approximate surface area is 71.6 Å². The third-order valence-electron chi connectivity index (χ3n) is 1.24. The standard InChI is InChI=1S/C8H22N2Si/c1-8(2,9)6-10-7-11(3,4)5/h10H,6-7,9H2,1-5H3. The number of hydrogen-bond acceptors (Lipinski definition) is 2. The molecule has 0 spiro atoms. The van der Waals surface area contributed by atoms with E-state index < -0.39 is 8.07 Å². The van der Waals surface area contributed by atoms with Gasteiger partial charge >= 0.3 is 0 Å². The van der Waals surface area contributed by atoms with Crippen molar-refractivity contribution in [3.05, 3.63) is 0 Å². The smallest absolute Gasteiger partial charge is 0.0595 e. The van der Waals surface area contributed by atoms with E-state index in [1.807, 2.05) is 13.8 Å². The normalized spacial score (nSPS) is 13.6. The maximum Gasteiger partial charge on any atom is 0.0595 e. The molecule has 0 aromatic heterocycles. The van der Waals surface area contributed by atoms with Crippen LogP contribution in [-0.4, -0.2) is 26.3 Å². The molecule has 0 rings (SSSR count). The van der Waals surface area contributed by atoms with Crippen LogP contribution < -0.4 is 11.1 Å². The Morgan fingerprint density at radius 1 is 1.27 bits per heavy atom. The molecule has 0 unspecified atom stereocenters. The van der Waals surface area contributed by atoms with E-state index in [0.29, 0.717) is 0 Å². The zero-order valence-corrected chi connectivity index (χ0v) is 9.49. The van der Waals surface area contributed by atoms with Crippen LogP contribution in [0.4, 0.5) is 0 Å². The summed E-state index contributed by atoms with van der Waals surface area (Å²) < 4.78 is 0. The number of hydrogen-bond donors (Lipinski definition) is 2. The number of nitrogens with two attached hydrogens (primary N) is 1.